The molecule has 86 valence electrons. The van der Waals surface area contributed by atoms with Crippen LogP contribution in [-0.2, 0) is 0 Å². The summed E-state index contributed by atoms with van der Waals surface area (Å²) in [4.78, 5) is 4.98. The maximum absolute atomic E-state index is 2.51. The van der Waals surface area contributed by atoms with Crippen LogP contribution in [0.2, 0.25) is 0 Å². The van der Waals surface area contributed by atoms with Gasteiger partial charge in [-0.25, -0.2) is 0 Å². The third-order valence-electron chi connectivity index (χ3n) is 3.73. The molecule has 0 unspecified atom stereocenters. The Morgan fingerprint density at radius 2 is 1.62 bits per heavy atom. The smallest absolute Gasteiger partial charge is 0.0387 e. The second-order valence-corrected chi connectivity index (χ2v) is 5.22. The minimum Gasteiger partial charge on any atom is -0.371 e. The summed E-state index contributed by atoms with van der Waals surface area (Å²) < 4.78 is 0. The molecule has 3 rings (SSSR count). The van der Waals surface area contributed by atoms with Gasteiger partial charge < -0.3 is 9.80 Å². The van der Waals surface area contributed by atoms with Crippen molar-refractivity contribution in [3.63, 3.8) is 0 Å². The van der Waals surface area contributed by atoms with Crippen molar-refractivity contribution in [2.45, 2.75) is 19.8 Å². The highest BCUT2D eigenvalue weighted by atomic mass is 15.2. The van der Waals surface area contributed by atoms with Gasteiger partial charge in [0.15, 0.2) is 0 Å². The molecule has 0 atom stereocenters. The molecule has 1 aromatic rings. The van der Waals surface area contributed by atoms with E-state index in [0.29, 0.717) is 0 Å². The summed E-state index contributed by atoms with van der Waals surface area (Å²) in [7, 11) is 0. The molecule has 0 aliphatic carbocycles. The molecule has 0 saturated carbocycles. The summed E-state index contributed by atoms with van der Waals surface area (Å²) in [5.41, 5.74) is 2.82. The van der Waals surface area contributed by atoms with Gasteiger partial charge in [0.1, 0.15) is 0 Å². The monoisotopic (exact) mass is 216 g/mol. The maximum Gasteiger partial charge on any atom is 0.0387 e. The lowest BCUT2D eigenvalue weighted by Gasteiger charge is -2.39. The number of rotatable bonds is 2. The molecule has 2 nitrogen and oxygen atoms in total. The van der Waals surface area contributed by atoms with E-state index >= 15 is 0 Å². The number of hydrogen-bond acceptors (Lipinski definition) is 2. The van der Waals surface area contributed by atoms with Crippen molar-refractivity contribution in [1.29, 1.82) is 0 Å². The molecule has 0 radical (unpaired) electrons. The van der Waals surface area contributed by atoms with Crippen molar-refractivity contribution < 1.29 is 0 Å². The van der Waals surface area contributed by atoms with Crippen molar-refractivity contribution in [2.75, 3.05) is 36.0 Å². The number of nitrogens with zero attached hydrogens (tertiary/aromatic N) is 2. The Hall–Kier alpha value is -1.18. The van der Waals surface area contributed by atoms with Gasteiger partial charge in [-0.2, -0.15) is 0 Å². The highest BCUT2D eigenvalue weighted by Crippen LogP contribution is 2.29. The SMILES string of the molecule is CC1CN(c2cccc(N3CCCC3)c2)C1. The summed E-state index contributed by atoms with van der Waals surface area (Å²) in [6.45, 7) is 7.24. The molecule has 2 aliphatic heterocycles. The second-order valence-electron chi connectivity index (χ2n) is 5.22. The molecule has 0 aromatic heterocycles. The molecule has 0 spiro atoms. The highest BCUT2D eigenvalue weighted by molar-refractivity contribution is 5.60. The van der Waals surface area contributed by atoms with Gasteiger partial charge in [0.2, 0.25) is 0 Å². The Morgan fingerprint density at radius 3 is 2.25 bits per heavy atom. The van der Waals surface area contributed by atoms with E-state index < -0.39 is 0 Å². The minimum absolute atomic E-state index is 0.871. The largest absolute Gasteiger partial charge is 0.371 e. The van der Waals surface area contributed by atoms with Crippen molar-refractivity contribution in [1.82, 2.24) is 0 Å². The maximum atomic E-state index is 2.51. The normalized spacial score (nSPS) is 21.3. The predicted octanol–water partition coefficient (Wildman–Crippen LogP) is 2.74. The second kappa shape index (κ2) is 4.00. The van der Waals surface area contributed by atoms with Crippen LogP contribution in [0.4, 0.5) is 11.4 Å². The average Bonchev–Trinajstić information content (AvgIpc) is 2.78. The Labute approximate surface area is 97.9 Å². The highest BCUT2D eigenvalue weighted by Gasteiger charge is 2.23. The van der Waals surface area contributed by atoms with Crippen LogP contribution in [0.15, 0.2) is 24.3 Å². The van der Waals surface area contributed by atoms with Crippen LogP contribution in [0.25, 0.3) is 0 Å². The van der Waals surface area contributed by atoms with Crippen molar-refractivity contribution in [3.8, 4) is 0 Å². The first kappa shape index (κ1) is 10.0. The van der Waals surface area contributed by atoms with Crippen LogP contribution in [0.5, 0.6) is 0 Å². The van der Waals surface area contributed by atoms with Crippen LogP contribution >= 0.6 is 0 Å². The molecule has 2 heterocycles. The van der Waals surface area contributed by atoms with Crippen molar-refractivity contribution >= 4 is 11.4 Å². The fourth-order valence-corrected chi connectivity index (χ4v) is 2.77. The Bertz CT molecular complexity index is 363. The van der Waals surface area contributed by atoms with Gasteiger partial charge in [-0.15, -0.1) is 0 Å². The summed E-state index contributed by atoms with van der Waals surface area (Å²) in [5.74, 6) is 0.871. The lowest BCUT2D eigenvalue weighted by atomic mass is 10.0. The standard InChI is InChI=1S/C14H20N2/c1-12-10-16(11-12)14-6-4-5-13(9-14)15-7-2-3-8-15/h4-6,9,12H,2-3,7-8,10-11H2,1H3. The lowest BCUT2D eigenvalue weighted by Crippen LogP contribution is -2.45. The van der Waals surface area contributed by atoms with Crippen LogP contribution in [0.1, 0.15) is 19.8 Å². The molecule has 2 fully saturated rings. The van der Waals surface area contributed by atoms with Gasteiger partial charge in [0.25, 0.3) is 0 Å². The third kappa shape index (κ3) is 1.77. The molecular weight excluding hydrogens is 196 g/mol. The van der Waals surface area contributed by atoms with E-state index in [4.69, 9.17) is 0 Å². The molecular formula is C14H20N2. The molecule has 2 aliphatic rings. The first-order chi connectivity index (χ1) is 7.83. The third-order valence-corrected chi connectivity index (χ3v) is 3.73. The first-order valence-corrected chi connectivity index (χ1v) is 6.43. The fraction of sp³-hybridized carbons (Fsp3) is 0.571. The quantitative estimate of drug-likeness (QED) is 0.750. The number of benzene rings is 1. The van der Waals surface area contributed by atoms with Gasteiger partial charge in [-0.3, -0.25) is 0 Å². The Morgan fingerprint density at radius 1 is 1.00 bits per heavy atom. The van der Waals surface area contributed by atoms with Crippen LogP contribution in [0.3, 0.4) is 0 Å². The summed E-state index contributed by atoms with van der Waals surface area (Å²) >= 11 is 0. The lowest BCUT2D eigenvalue weighted by molar-refractivity contribution is 0.447. The zero-order chi connectivity index (χ0) is 11.0. The molecule has 1 aromatic carbocycles. The summed E-state index contributed by atoms with van der Waals surface area (Å²) in [6, 6.07) is 9.05. The molecule has 16 heavy (non-hydrogen) atoms. The van der Waals surface area contributed by atoms with E-state index in [0.717, 1.165) is 5.92 Å². The van der Waals surface area contributed by atoms with Crippen molar-refractivity contribution in [3.05, 3.63) is 24.3 Å². The van der Waals surface area contributed by atoms with Crippen molar-refractivity contribution in [2.24, 2.45) is 5.92 Å². The van der Waals surface area contributed by atoms with E-state index in [9.17, 15) is 0 Å². The zero-order valence-electron chi connectivity index (χ0n) is 10.0. The molecule has 2 saturated heterocycles. The van der Waals surface area contributed by atoms with Gasteiger partial charge in [0, 0.05) is 37.6 Å². The number of hydrogen-bond donors (Lipinski definition) is 0. The minimum atomic E-state index is 0.871. The summed E-state index contributed by atoms with van der Waals surface area (Å²) in [6.07, 6.45) is 2.70. The van der Waals surface area contributed by atoms with E-state index in [2.05, 4.69) is 41.0 Å². The Balaban J connectivity index is 1.77. The molecule has 2 heteroatoms. The molecule has 0 amide bonds. The topological polar surface area (TPSA) is 6.48 Å². The predicted molar refractivity (Wildman–Crippen MR) is 69.3 cm³/mol. The van der Waals surface area contributed by atoms with Gasteiger partial charge in [-0.1, -0.05) is 13.0 Å². The van der Waals surface area contributed by atoms with Gasteiger partial charge in [0.05, 0.1) is 0 Å². The summed E-state index contributed by atoms with van der Waals surface area (Å²) in [5, 5.41) is 0. The molecule has 0 bridgehead atoms. The first-order valence-electron chi connectivity index (χ1n) is 6.43. The van der Waals surface area contributed by atoms with E-state index in [1.165, 1.54) is 50.4 Å². The molecule has 0 N–H and O–H groups in total. The van der Waals surface area contributed by atoms with Crippen LogP contribution in [-0.4, -0.2) is 26.2 Å². The van der Waals surface area contributed by atoms with Crippen LogP contribution in [0, 0.1) is 5.92 Å². The van der Waals surface area contributed by atoms with Crippen LogP contribution < -0.4 is 9.80 Å². The zero-order valence-corrected chi connectivity index (χ0v) is 10.0. The van der Waals surface area contributed by atoms with E-state index in [-0.39, 0.29) is 0 Å². The van der Waals surface area contributed by atoms with Gasteiger partial charge in [-0.05, 0) is 37.0 Å². The average molecular weight is 216 g/mol. The Kier molecular flexibility index (Phi) is 2.50. The fourth-order valence-electron chi connectivity index (χ4n) is 2.77. The van der Waals surface area contributed by atoms with E-state index in [1.807, 2.05) is 0 Å². The van der Waals surface area contributed by atoms with E-state index in [1.54, 1.807) is 0 Å². The number of anilines is 2. The van der Waals surface area contributed by atoms with Gasteiger partial charge >= 0.3 is 0 Å².